The summed E-state index contributed by atoms with van der Waals surface area (Å²) in [6, 6.07) is 14.4. The first-order valence-electron chi connectivity index (χ1n) is 11.7. The van der Waals surface area contributed by atoms with E-state index in [1.165, 1.54) is 15.9 Å². The highest BCUT2D eigenvalue weighted by Gasteiger charge is 2.26. The molecule has 1 saturated heterocycles. The fourth-order valence-electron chi connectivity index (χ4n) is 3.92. The van der Waals surface area contributed by atoms with Crippen LogP contribution in [0.15, 0.2) is 57.9 Å². The number of sulfonamides is 1. The maximum absolute atomic E-state index is 12.9. The number of hydrogen-bond acceptors (Lipinski definition) is 6. The number of anilines is 1. The molecule has 1 fully saturated rings. The van der Waals surface area contributed by atoms with E-state index in [1.54, 1.807) is 18.2 Å². The van der Waals surface area contributed by atoms with Gasteiger partial charge in [0.15, 0.2) is 0 Å². The Balaban J connectivity index is 1.34. The Morgan fingerprint density at radius 3 is 2.53 bits per heavy atom. The molecule has 0 aliphatic carbocycles. The molecule has 8 nitrogen and oxygen atoms in total. The van der Waals surface area contributed by atoms with Crippen LogP contribution in [0.4, 0.5) is 5.69 Å². The highest BCUT2D eigenvalue weighted by molar-refractivity contribution is 7.89. The minimum absolute atomic E-state index is 0.136. The third-order valence-electron chi connectivity index (χ3n) is 5.94. The summed E-state index contributed by atoms with van der Waals surface area (Å²) in [5, 5.41) is 6.79. The van der Waals surface area contributed by atoms with Crippen molar-refractivity contribution in [3.8, 4) is 11.4 Å². The summed E-state index contributed by atoms with van der Waals surface area (Å²) in [4.78, 5) is 17.0. The van der Waals surface area contributed by atoms with Gasteiger partial charge in [-0.15, -0.1) is 0 Å². The second-order valence-electron chi connectivity index (χ2n) is 8.83. The first-order chi connectivity index (χ1) is 16.3. The van der Waals surface area contributed by atoms with Crippen LogP contribution in [0.3, 0.4) is 0 Å². The number of carbonyl (C=O) groups excluding carboxylic acids is 1. The van der Waals surface area contributed by atoms with Crippen LogP contribution < -0.4 is 5.32 Å². The molecule has 180 valence electrons. The number of amides is 1. The van der Waals surface area contributed by atoms with Crippen molar-refractivity contribution in [2.24, 2.45) is 0 Å². The molecule has 2 aromatic carbocycles. The molecule has 1 aliphatic rings. The molecule has 4 rings (SSSR count). The molecule has 9 heteroatoms. The summed E-state index contributed by atoms with van der Waals surface area (Å²) in [5.41, 5.74) is 2.53. The predicted molar refractivity (Wildman–Crippen MR) is 130 cm³/mol. The molecule has 0 atom stereocenters. The molecule has 1 aromatic heterocycles. The third kappa shape index (κ3) is 5.71. The highest BCUT2D eigenvalue weighted by atomic mass is 32.2. The molecular formula is C25H30N4O4S. The minimum atomic E-state index is -3.56. The molecule has 2 heterocycles. The Kier molecular flexibility index (Phi) is 7.43. The SMILES string of the molecule is CC(C)c1ccc(-c2noc(CCC(=O)Nc3cccc(S(=O)(=O)N4CCCCC4)c3)n2)cc1. The summed E-state index contributed by atoms with van der Waals surface area (Å²) < 4.78 is 32.6. The zero-order valence-corrected chi connectivity index (χ0v) is 20.3. The number of piperidine rings is 1. The zero-order valence-electron chi connectivity index (χ0n) is 19.5. The van der Waals surface area contributed by atoms with Crippen molar-refractivity contribution >= 4 is 21.6 Å². The highest BCUT2D eigenvalue weighted by Crippen LogP contribution is 2.23. The molecule has 34 heavy (non-hydrogen) atoms. The fraction of sp³-hybridized carbons (Fsp3) is 0.400. The number of hydrogen-bond donors (Lipinski definition) is 1. The summed E-state index contributed by atoms with van der Waals surface area (Å²) >= 11 is 0. The van der Waals surface area contributed by atoms with Crippen LogP contribution in [-0.2, 0) is 21.2 Å². The van der Waals surface area contributed by atoms with Crippen molar-refractivity contribution in [1.82, 2.24) is 14.4 Å². The molecule has 0 saturated carbocycles. The molecule has 1 aliphatic heterocycles. The lowest BCUT2D eigenvalue weighted by Crippen LogP contribution is -2.35. The van der Waals surface area contributed by atoms with E-state index in [0.29, 0.717) is 36.4 Å². The number of nitrogens with zero attached hydrogens (tertiary/aromatic N) is 3. The smallest absolute Gasteiger partial charge is 0.243 e. The van der Waals surface area contributed by atoms with Gasteiger partial charge in [-0.1, -0.05) is 55.8 Å². The van der Waals surface area contributed by atoms with Gasteiger partial charge in [-0.05, 0) is 42.5 Å². The predicted octanol–water partition coefficient (Wildman–Crippen LogP) is 4.61. The van der Waals surface area contributed by atoms with Crippen molar-refractivity contribution < 1.29 is 17.7 Å². The summed E-state index contributed by atoms with van der Waals surface area (Å²) in [5.74, 6) is 1.05. The fourth-order valence-corrected chi connectivity index (χ4v) is 5.49. The Labute approximate surface area is 200 Å². The average Bonchev–Trinajstić information content (AvgIpc) is 3.33. The first kappa shape index (κ1) is 24.1. The number of rotatable bonds is 8. The van der Waals surface area contributed by atoms with E-state index < -0.39 is 10.0 Å². The molecule has 1 amide bonds. The lowest BCUT2D eigenvalue weighted by molar-refractivity contribution is -0.116. The lowest BCUT2D eigenvalue weighted by atomic mass is 10.0. The number of aryl methyl sites for hydroxylation is 1. The maximum atomic E-state index is 12.9. The summed E-state index contributed by atoms with van der Waals surface area (Å²) in [6.07, 6.45) is 3.21. The second kappa shape index (κ2) is 10.5. The van der Waals surface area contributed by atoms with Crippen molar-refractivity contribution in [3.05, 3.63) is 60.0 Å². The number of nitrogens with one attached hydrogen (secondary N) is 1. The molecule has 0 spiro atoms. The molecule has 1 N–H and O–H groups in total. The van der Waals surface area contributed by atoms with Crippen LogP contribution >= 0.6 is 0 Å². The quantitative estimate of drug-likeness (QED) is 0.503. The minimum Gasteiger partial charge on any atom is -0.339 e. The van der Waals surface area contributed by atoms with Gasteiger partial charge >= 0.3 is 0 Å². The van der Waals surface area contributed by atoms with Gasteiger partial charge in [-0.3, -0.25) is 4.79 Å². The Bertz CT molecular complexity index is 1230. The second-order valence-corrected chi connectivity index (χ2v) is 10.8. The zero-order chi connectivity index (χ0) is 24.1. The van der Waals surface area contributed by atoms with Crippen LogP contribution in [0.25, 0.3) is 11.4 Å². The number of benzene rings is 2. The molecule has 0 unspecified atom stereocenters. The van der Waals surface area contributed by atoms with E-state index >= 15 is 0 Å². The van der Waals surface area contributed by atoms with E-state index in [4.69, 9.17) is 4.52 Å². The van der Waals surface area contributed by atoms with E-state index in [1.807, 2.05) is 24.3 Å². The van der Waals surface area contributed by atoms with Gasteiger partial charge in [0.2, 0.25) is 27.6 Å². The molecular weight excluding hydrogens is 452 g/mol. The van der Waals surface area contributed by atoms with Crippen molar-refractivity contribution in [3.63, 3.8) is 0 Å². The third-order valence-corrected chi connectivity index (χ3v) is 7.83. The van der Waals surface area contributed by atoms with Gasteiger partial charge in [0, 0.05) is 37.2 Å². The lowest BCUT2D eigenvalue weighted by Gasteiger charge is -2.26. The van der Waals surface area contributed by atoms with E-state index in [0.717, 1.165) is 24.8 Å². The first-order valence-corrected chi connectivity index (χ1v) is 13.1. The summed E-state index contributed by atoms with van der Waals surface area (Å²) in [6.45, 7) is 5.34. The molecule has 0 bridgehead atoms. The van der Waals surface area contributed by atoms with Crippen molar-refractivity contribution in [1.29, 1.82) is 0 Å². The standard InChI is InChI=1S/C25H30N4O4S/c1-18(2)19-9-11-20(12-10-19)25-27-24(33-28-25)14-13-23(30)26-21-7-6-8-22(17-21)34(31,32)29-15-4-3-5-16-29/h6-12,17-18H,3-5,13-16H2,1-2H3,(H,26,30). The van der Waals surface area contributed by atoms with Crippen LogP contribution in [0, 0.1) is 0 Å². The van der Waals surface area contributed by atoms with Gasteiger partial charge in [-0.2, -0.15) is 9.29 Å². The van der Waals surface area contributed by atoms with Crippen LogP contribution in [0.2, 0.25) is 0 Å². The van der Waals surface area contributed by atoms with Crippen LogP contribution in [0.5, 0.6) is 0 Å². The van der Waals surface area contributed by atoms with Crippen molar-refractivity contribution in [2.45, 2.75) is 56.8 Å². The van der Waals surface area contributed by atoms with Crippen molar-refractivity contribution in [2.75, 3.05) is 18.4 Å². The van der Waals surface area contributed by atoms with E-state index in [9.17, 15) is 13.2 Å². The average molecular weight is 483 g/mol. The Morgan fingerprint density at radius 2 is 1.82 bits per heavy atom. The topological polar surface area (TPSA) is 105 Å². The molecule has 3 aromatic rings. The number of aromatic nitrogens is 2. The van der Waals surface area contributed by atoms with E-state index in [-0.39, 0.29) is 23.6 Å². The monoisotopic (exact) mass is 482 g/mol. The normalized spacial score (nSPS) is 14.9. The maximum Gasteiger partial charge on any atom is 0.243 e. The van der Waals surface area contributed by atoms with Gasteiger partial charge in [0.25, 0.3) is 0 Å². The number of carbonyl (C=O) groups is 1. The Morgan fingerprint density at radius 1 is 1.09 bits per heavy atom. The van der Waals surface area contributed by atoms with E-state index in [2.05, 4.69) is 29.3 Å². The molecule has 0 radical (unpaired) electrons. The van der Waals surface area contributed by atoms with Crippen LogP contribution in [0.1, 0.15) is 56.9 Å². The summed E-state index contributed by atoms with van der Waals surface area (Å²) in [7, 11) is -3.56. The van der Waals surface area contributed by atoms with Gasteiger partial charge in [-0.25, -0.2) is 8.42 Å². The van der Waals surface area contributed by atoms with Gasteiger partial charge in [0.05, 0.1) is 4.90 Å². The van der Waals surface area contributed by atoms with Gasteiger partial charge < -0.3 is 9.84 Å². The largest absolute Gasteiger partial charge is 0.339 e. The Hall–Kier alpha value is -3.04. The van der Waals surface area contributed by atoms with Gasteiger partial charge in [0.1, 0.15) is 0 Å². The van der Waals surface area contributed by atoms with Crippen LogP contribution in [-0.4, -0.2) is 41.9 Å².